The van der Waals surface area contributed by atoms with Crippen molar-refractivity contribution in [2.75, 3.05) is 14.2 Å². The fraction of sp³-hybridized carbons (Fsp3) is 0.235. The van der Waals surface area contributed by atoms with E-state index in [1.165, 1.54) is 38.5 Å². The van der Waals surface area contributed by atoms with Gasteiger partial charge in [-0.25, -0.2) is 13.1 Å². The molecule has 0 spiro atoms. The van der Waals surface area contributed by atoms with Gasteiger partial charge in [-0.1, -0.05) is 12.1 Å². The Morgan fingerprint density at radius 1 is 1.00 bits per heavy atom. The number of carboxylic acids is 1. The van der Waals surface area contributed by atoms with Gasteiger partial charge in [-0.15, -0.1) is 0 Å². The van der Waals surface area contributed by atoms with Crippen LogP contribution in [0.25, 0.3) is 0 Å². The van der Waals surface area contributed by atoms with E-state index >= 15 is 0 Å². The van der Waals surface area contributed by atoms with E-state index in [4.69, 9.17) is 14.6 Å². The number of ether oxygens (including phenoxy) is 2. The van der Waals surface area contributed by atoms with Crippen LogP contribution >= 0.6 is 0 Å². The van der Waals surface area contributed by atoms with Gasteiger partial charge in [0.1, 0.15) is 11.5 Å². The summed E-state index contributed by atoms with van der Waals surface area (Å²) in [6.45, 7) is 0. The van der Waals surface area contributed by atoms with Gasteiger partial charge in [0, 0.05) is 0 Å². The van der Waals surface area contributed by atoms with Crippen molar-refractivity contribution in [3.05, 3.63) is 54.1 Å². The largest absolute Gasteiger partial charge is 0.497 e. The zero-order valence-corrected chi connectivity index (χ0v) is 14.6. The molecule has 0 aliphatic rings. The minimum absolute atomic E-state index is 0.0252. The maximum absolute atomic E-state index is 12.6. The predicted octanol–water partition coefficient (Wildman–Crippen LogP) is 2.20. The molecule has 25 heavy (non-hydrogen) atoms. The van der Waals surface area contributed by atoms with Crippen LogP contribution < -0.4 is 14.2 Å². The van der Waals surface area contributed by atoms with Crippen LogP contribution in [0.4, 0.5) is 0 Å². The highest BCUT2D eigenvalue weighted by Crippen LogP contribution is 2.23. The number of hydrogen-bond acceptors (Lipinski definition) is 5. The fourth-order valence-corrected chi connectivity index (χ4v) is 3.47. The number of hydrogen-bond donors (Lipinski definition) is 2. The second-order valence-corrected chi connectivity index (χ2v) is 6.93. The minimum Gasteiger partial charge on any atom is -0.497 e. The molecule has 1 atom stereocenters. The van der Waals surface area contributed by atoms with E-state index in [0.717, 1.165) is 0 Å². The molecule has 0 heterocycles. The highest BCUT2D eigenvalue weighted by molar-refractivity contribution is 7.89. The number of aliphatic carboxylic acids is 1. The van der Waals surface area contributed by atoms with Crippen LogP contribution in [0.2, 0.25) is 0 Å². The van der Waals surface area contributed by atoms with Crippen LogP contribution in [0.15, 0.2) is 53.4 Å². The van der Waals surface area contributed by atoms with E-state index in [0.29, 0.717) is 17.1 Å². The highest BCUT2D eigenvalue weighted by atomic mass is 32.2. The molecule has 0 radical (unpaired) electrons. The highest BCUT2D eigenvalue weighted by Gasteiger charge is 2.23. The first-order valence-corrected chi connectivity index (χ1v) is 8.86. The van der Waals surface area contributed by atoms with Gasteiger partial charge < -0.3 is 14.6 Å². The monoisotopic (exact) mass is 365 g/mol. The molecule has 134 valence electrons. The summed E-state index contributed by atoms with van der Waals surface area (Å²) in [5, 5.41) is 9.11. The summed E-state index contributed by atoms with van der Waals surface area (Å²) in [6, 6.07) is 11.5. The van der Waals surface area contributed by atoms with Crippen LogP contribution in [0.1, 0.15) is 18.0 Å². The first kappa shape index (κ1) is 18.8. The molecule has 0 aromatic heterocycles. The molecule has 2 aromatic carbocycles. The smallest absolute Gasteiger partial charge is 0.305 e. The quantitative estimate of drug-likeness (QED) is 0.744. The van der Waals surface area contributed by atoms with E-state index in [2.05, 4.69) is 4.72 Å². The molecule has 0 fully saturated rings. The Bertz CT molecular complexity index is 815. The Balaban J connectivity index is 2.29. The van der Waals surface area contributed by atoms with Crippen LogP contribution in [0, 0.1) is 0 Å². The van der Waals surface area contributed by atoms with E-state index in [9.17, 15) is 13.2 Å². The van der Waals surface area contributed by atoms with Crippen molar-refractivity contribution in [3.63, 3.8) is 0 Å². The van der Waals surface area contributed by atoms with Crippen molar-refractivity contribution in [2.45, 2.75) is 17.4 Å². The van der Waals surface area contributed by atoms with Crippen molar-refractivity contribution >= 4 is 16.0 Å². The Hall–Kier alpha value is -2.58. The molecule has 0 unspecified atom stereocenters. The molecule has 0 saturated carbocycles. The van der Waals surface area contributed by atoms with E-state index < -0.39 is 22.0 Å². The summed E-state index contributed by atoms with van der Waals surface area (Å²) in [6.07, 6.45) is -0.387. The molecule has 8 heteroatoms. The first-order chi connectivity index (χ1) is 11.9. The molecule has 2 N–H and O–H groups in total. The number of nitrogens with one attached hydrogen (secondary N) is 1. The average Bonchev–Trinajstić information content (AvgIpc) is 2.60. The molecular formula is C17H19NO6S. The van der Waals surface area contributed by atoms with Gasteiger partial charge in [0.05, 0.1) is 31.6 Å². The van der Waals surface area contributed by atoms with Crippen molar-refractivity contribution in [1.29, 1.82) is 0 Å². The molecule has 0 aliphatic carbocycles. The molecule has 0 aliphatic heterocycles. The van der Waals surface area contributed by atoms with Gasteiger partial charge in [-0.3, -0.25) is 4.79 Å². The normalized spacial score (nSPS) is 12.4. The van der Waals surface area contributed by atoms with Crippen molar-refractivity contribution in [2.24, 2.45) is 0 Å². The number of carboxylic acid groups (broad SMARTS) is 1. The second-order valence-electron chi connectivity index (χ2n) is 5.22. The molecule has 0 saturated heterocycles. The number of rotatable bonds is 8. The van der Waals surface area contributed by atoms with Gasteiger partial charge in [-0.2, -0.15) is 0 Å². The summed E-state index contributed by atoms with van der Waals surface area (Å²) in [4.78, 5) is 11.2. The number of methoxy groups -OCH3 is 2. The van der Waals surface area contributed by atoms with Crippen molar-refractivity contribution in [1.82, 2.24) is 4.72 Å². The number of benzene rings is 2. The molecule has 0 amide bonds. The summed E-state index contributed by atoms with van der Waals surface area (Å²) < 4.78 is 37.6. The van der Waals surface area contributed by atoms with Gasteiger partial charge in [0.25, 0.3) is 0 Å². The van der Waals surface area contributed by atoms with Crippen LogP contribution in [0.5, 0.6) is 11.5 Å². The first-order valence-electron chi connectivity index (χ1n) is 7.38. The third-order valence-electron chi connectivity index (χ3n) is 3.56. The second kappa shape index (κ2) is 8.00. The van der Waals surface area contributed by atoms with E-state index in [1.807, 2.05) is 0 Å². The Morgan fingerprint density at radius 3 is 1.92 bits per heavy atom. The van der Waals surface area contributed by atoms with Crippen molar-refractivity contribution in [3.8, 4) is 11.5 Å². The number of carbonyl (C=O) groups is 1. The zero-order chi connectivity index (χ0) is 18.4. The lowest BCUT2D eigenvalue weighted by Crippen LogP contribution is -2.30. The third kappa shape index (κ3) is 4.94. The average molecular weight is 365 g/mol. The maximum atomic E-state index is 12.6. The van der Waals surface area contributed by atoms with Crippen LogP contribution in [0.3, 0.4) is 0 Å². The minimum atomic E-state index is -3.89. The van der Waals surface area contributed by atoms with Crippen LogP contribution in [-0.2, 0) is 14.8 Å². The van der Waals surface area contributed by atoms with Gasteiger partial charge in [0.15, 0.2) is 0 Å². The van der Waals surface area contributed by atoms with Gasteiger partial charge >= 0.3 is 5.97 Å². The standard InChI is InChI=1S/C17H19NO6S/c1-23-13-5-3-12(4-6-13)16(11-17(19)20)18-25(21,22)15-9-7-14(24-2)8-10-15/h3-10,16,18H,11H2,1-2H3,(H,19,20)/t16-/m0/s1. The Labute approximate surface area is 146 Å². The SMILES string of the molecule is COc1ccc([C@H](CC(=O)O)NS(=O)(=O)c2ccc(OC)cc2)cc1. The van der Waals surface area contributed by atoms with Crippen LogP contribution in [-0.4, -0.2) is 33.7 Å². The van der Waals surface area contributed by atoms with Crippen molar-refractivity contribution < 1.29 is 27.8 Å². The number of sulfonamides is 1. The summed E-state index contributed by atoms with van der Waals surface area (Å²) >= 11 is 0. The topological polar surface area (TPSA) is 102 Å². The lowest BCUT2D eigenvalue weighted by molar-refractivity contribution is -0.137. The zero-order valence-electron chi connectivity index (χ0n) is 13.8. The predicted molar refractivity (Wildman–Crippen MR) is 91.3 cm³/mol. The van der Waals surface area contributed by atoms with E-state index in [-0.39, 0.29) is 11.3 Å². The molecule has 2 rings (SSSR count). The Kier molecular flexibility index (Phi) is 6.00. The molecule has 2 aromatic rings. The lowest BCUT2D eigenvalue weighted by Gasteiger charge is -2.18. The fourth-order valence-electron chi connectivity index (χ4n) is 2.25. The summed E-state index contributed by atoms with van der Waals surface area (Å²) in [7, 11) is -0.904. The molecular weight excluding hydrogens is 346 g/mol. The maximum Gasteiger partial charge on any atom is 0.305 e. The third-order valence-corrected chi connectivity index (χ3v) is 5.05. The summed E-state index contributed by atoms with van der Waals surface area (Å²) in [5.41, 5.74) is 0.528. The molecule has 0 bridgehead atoms. The van der Waals surface area contributed by atoms with Gasteiger partial charge in [0.2, 0.25) is 10.0 Å². The molecule has 7 nitrogen and oxygen atoms in total. The summed E-state index contributed by atoms with van der Waals surface area (Å²) in [5.74, 6) is 0.00489. The van der Waals surface area contributed by atoms with Gasteiger partial charge in [-0.05, 0) is 42.0 Å². The lowest BCUT2D eigenvalue weighted by atomic mass is 10.0. The van der Waals surface area contributed by atoms with E-state index in [1.54, 1.807) is 24.3 Å². The Morgan fingerprint density at radius 2 is 1.48 bits per heavy atom.